The Hall–Kier alpha value is -2.62. The van der Waals surface area contributed by atoms with Gasteiger partial charge in [-0.1, -0.05) is 24.3 Å². The van der Waals surface area contributed by atoms with Gasteiger partial charge in [-0.3, -0.25) is 0 Å². The van der Waals surface area contributed by atoms with Crippen LogP contribution in [0.15, 0.2) is 36.4 Å². The fourth-order valence-corrected chi connectivity index (χ4v) is 2.00. The van der Waals surface area contributed by atoms with Gasteiger partial charge in [0.2, 0.25) is 0 Å². The molecule has 0 atom stereocenters. The quantitative estimate of drug-likeness (QED) is 0.675. The first-order valence-electron chi connectivity index (χ1n) is 6.51. The fourth-order valence-electron chi connectivity index (χ4n) is 2.00. The second-order valence-corrected chi connectivity index (χ2v) is 4.45. The molecular weight excluding hydrogens is 266 g/mol. The van der Waals surface area contributed by atoms with Crippen molar-refractivity contribution in [3.63, 3.8) is 0 Å². The Labute approximate surface area is 124 Å². The zero-order chi connectivity index (χ0) is 15.2. The van der Waals surface area contributed by atoms with Crippen molar-refractivity contribution in [2.75, 3.05) is 27.1 Å². The third-order valence-corrected chi connectivity index (χ3v) is 3.11. The molecule has 2 aromatic rings. The Morgan fingerprint density at radius 3 is 2.14 bits per heavy atom. The molecule has 0 heterocycles. The van der Waals surface area contributed by atoms with Gasteiger partial charge in [0.05, 0.1) is 21.3 Å². The number of ether oxygens (including phenoxy) is 3. The Morgan fingerprint density at radius 2 is 1.57 bits per heavy atom. The van der Waals surface area contributed by atoms with Crippen LogP contribution in [0.5, 0.6) is 17.2 Å². The van der Waals surface area contributed by atoms with Gasteiger partial charge in [-0.05, 0) is 23.8 Å². The predicted molar refractivity (Wildman–Crippen MR) is 85.9 cm³/mol. The molecule has 4 heteroatoms. The van der Waals surface area contributed by atoms with Crippen molar-refractivity contribution in [2.24, 2.45) is 0 Å². The summed E-state index contributed by atoms with van der Waals surface area (Å²) in [7, 11) is 4.84. The van der Waals surface area contributed by atoms with E-state index in [0.29, 0.717) is 17.2 Å². The highest BCUT2D eigenvalue weighted by molar-refractivity contribution is 5.75. The summed E-state index contributed by atoms with van der Waals surface area (Å²) in [6.45, 7) is 0. The number of hydrogen-bond donors (Lipinski definition) is 1. The normalized spacial score (nSPS) is 10.6. The topological polar surface area (TPSA) is 53.7 Å². The molecule has 2 rings (SSSR count). The number of hydrogen-bond acceptors (Lipinski definition) is 4. The van der Waals surface area contributed by atoms with Gasteiger partial charge >= 0.3 is 0 Å². The lowest BCUT2D eigenvalue weighted by Gasteiger charge is -2.12. The van der Waals surface area contributed by atoms with E-state index >= 15 is 0 Å². The van der Waals surface area contributed by atoms with Crippen molar-refractivity contribution in [3.8, 4) is 17.2 Å². The van der Waals surface area contributed by atoms with Gasteiger partial charge in [0.25, 0.3) is 0 Å². The van der Waals surface area contributed by atoms with Crippen molar-refractivity contribution >= 4 is 17.8 Å². The average molecular weight is 285 g/mol. The summed E-state index contributed by atoms with van der Waals surface area (Å²) in [5.74, 6) is 2.02. The molecule has 0 saturated carbocycles. The van der Waals surface area contributed by atoms with E-state index in [2.05, 4.69) is 0 Å². The first-order chi connectivity index (χ1) is 10.2. The van der Waals surface area contributed by atoms with E-state index in [1.807, 2.05) is 42.5 Å². The second kappa shape index (κ2) is 6.70. The van der Waals surface area contributed by atoms with Crippen molar-refractivity contribution in [3.05, 3.63) is 47.5 Å². The number of rotatable bonds is 5. The fraction of sp³-hybridized carbons (Fsp3) is 0.176. The highest BCUT2D eigenvalue weighted by Crippen LogP contribution is 2.36. The molecule has 0 saturated heterocycles. The van der Waals surface area contributed by atoms with Crippen LogP contribution in [-0.2, 0) is 0 Å². The minimum absolute atomic E-state index is 0.633. The average Bonchev–Trinajstić information content (AvgIpc) is 2.53. The lowest BCUT2D eigenvalue weighted by molar-refractivity contribution is 0.348. The van der Waals surface area contributed by atoms with Crippen LogP contribution in [0, 0.1) is 0 Å². The third kappa shape index (κ3) is 3.48. The molecule has 0 fully saturated rings. The van der Waals surface area contributed by atoms with Gasteiger partial charge in [0, 0.05) is 17.3 Å². The minimum atomic E-state index is 0.633. The Bertz CT molecular complexity index is 633. The predicted octanol–water partition coefficient (Wildman–Crippen LogP) is 3.47. The highest BCUT2D eigenvalue weighted by atomic mass is 16.5. The zero-order valence-corrected chi connectivity index (χ0v) is 12.4. The van der Waals surface area contributed by atoms with E-state index in [-0.39, 0.29) is 0 Å². The third-order valence-electron chi connectivity index (χ3n) is 3.11. The minimum Gasteiger partial charge on any atom is -0.497 e. The standard InChI is InChI=1S/C17H19NO3/c1-19-15-10-13(17(21-3)16(11-15)20-2)7-4-12-5-8-14(18)9-6-12/h4-11H,18H2,1-3H3/b7-4+. The molecule has 0 radical (unpaired) electrons. The molecule has 0 bridgehead atoms. The summed E-state index contributed by atoms with van der Waals surface area (Å²) < 4.78 is 16.0. The summed E-state index contributed by atoms with van der Waals surface area (Å²) in [5.41, 5.74) is 8.35. The molecule has 0 unspecified atom stereocenters. The monoisotopic (exact) mass is 285 g/mol. The summed E-state index contributed by atoms with van der Waals surface area (Å²) in [5, 5.41) is 0. The molecule has 0 aliphatic carbocycles. The van der Waals surface area contributed by atoms with Gasteiger partial charge in [-0.2, -0.15) is 0 Å². The van der Waals surface area contributed by atoms with Gasteiger partial charge < -0.3 is 19.9 Å². The van der Waals surface area contributed by atoms with Crippen LogP contribution in [0.4, 0.5) is 5.69 Å². The van der Waals surface area contributed by atoms with Gasteiger partial charge in [0.1, 0.15) is 5.75 Å². The Kier molecular flexibility index (Phi) is 4.72. The molecule has 2 aromatic carbocycles. The molecule has 0 spiro atoms. The summed E-state index contributed by atoms with van der Waals surface area (Å²) in [4.78, 5) is 0. The summed E-state index contributed by atoms with van der Waals surface area (Å²) in [6, 6.07) is 11.3. The van der Waals surface area contributed by atoms with E-state index in [1.165, 1.54) is 0 Å². The van der Waals surface area contributed by atoms with Crippen LogP contribution < -0.4 is 19.9 Å². The molecule has 0 aromatic heterocycles. The van der Waals surface area contributed by atoms with Gasteiger partial charge in [-0.25, -0.2) is 0 Å². The van der Waals surface area contributed by atoms with Crippen LogP contribution in [-0.4, -0.2) is 21.3 Å². The van der Waals surface area contributed by atoms with E-state index in [0.717, 1.165) is 16.8 Å². The molecule has 21 heavy (non-hydrogen) atoms. The van der Waals surface area contributed by atoms with Gasteiger partial charge in [-0.15, -0.1) is 0 Å². The molecule has 0 amide bonds. The largest absolute Gasteiger partial charge is 0.497 e. The maximum Gasteiger partial charge on any atom is 0.168 e. The summed E-state index contributed by atoms with van der Waals surface area (Å²) in [6.07, 6.45) is 3.94. The molecule has 110 valence electrons. The van der Waals surface area contributed by atoms with Crippen molar-refractivity contribution in [2.45, 2.75) is 0 Å². The number of benzene rings is 2. The first kappa shape index (κ1) is 14.8. The lowest BCUT2D eigenvalue weighted by Crippen LogP contribution is -1.95. The van der Waals surface area contributed by atoms with Crippen LogP contribution >= 0.6 is 0 Å². The van der Waals surface area contributed by atoms with Crippen LogP contribution in [0.25, 0.3) is 12.2 Å². The van der Waals surface area contributed by atoms with E-state index in [4.69, 9.17) is 19.9 Å². The van der Waals surface area contributed by atoms with Crippen molar-refractivity contribution in [1.82, 2.24) is 0 Å². The smallest absolute Gasteiger partial charge is 0.168 e. The number of nitrogen functional groups attached to an aromatic ring is 1. The van der Waals surface area contributed by atoms with Crippen LogP contribution in [0.1, 0.15) is 11.1 Å². The van der Waals surface area contributed by atoms with Crippen LogP contribution in [0.2, 0.25) is 0 Å². The molecule has 0 aliphatic heterocycles. The number of anilines is 1. The molecule has 0 aliphatic rings. The second-order valence-electron chi connectivity index (χ2n) is 4.45. The first-order valence-corrected chi connectivity index (χ1v) is 6.51. The maximum atomic E-state index is 5.68. The number of methoxy groups -OCH3 is 3. The molecular formula is C17H19NO3. The molecule has 2 N–H and O–H groups in total. The number of nitrogens with two attached hydrogens (primary N) is 1. The van der Waals surface area contributed by atoms with Gasteiger partial charge in [0.15, 0.2) is 11.5 Å². The Balaban J connectivity index is 2.39. The molecule has 4 nitrogen and oxygen atoms in total. The SMILES string of the molecule is COc1cc(/C=C/c2ccc(N)cc2)c(OC)c(OC)c1. The van der Waals surface area contributed by atoms with Crippen molar-refractivity contribution in [1.29, 1.82) is 0 Å². The summed E-state index contributed by atoms with van der Waals surface area (Å²) >= 11 is 0. The van der Waals surface area contributed by atoms with Crippen molar-refractivity contribution < 1.29 is 14.2 Å². The van der Waals surface area contributed by atoms with E-state index < -0.39 is 0 Å². The maximum absolute atomic E-state index is 5.68. The zero-order valence-electron chi connectivity index (χ0n) is 12.4. The highest BCUT2D eigenvalue weighted by Gasteiger charge is 2.10. The van der Waals surface area contributed by atoms with Crippen LogP contribution in [0.3, 0.4) is 0 Å². The van der Waals surface area contributed by atoms with E-state index in [1.54, 1.807) is 27.4 Å². The lowest BCUT2D eigenvalue weighted by atomic mass is 10.1. The Morgan fingerprint density at radius 1 is 0.857 bits per heavy atom. The van der Waals surface area contributed by atoms with E-state index in [9.17, 15) is 0 Å².